The third kappa shape index (κ3) is 4.14. The molecular weight excluding hydrogens is 378 g/mol. The second-order valence-corrected chi connectivity index (χ2v) is 7.28. The lowest BCUT2D eigenvalue weighted by atomic mass is 9.82. The Kier molecular flexibility index (Phi) is 6.26. The van der Waals surface area contributed by atoms with Crippen molar-refractivity contribution >= 4 is 34.2 Å². The number of hydrogen-bond acceptors (Lipinski definition) is 6. The van der Waals surface area contributed by atoms with Gasteiger partial charge in [0.15, 0.2) is 0 Å². The lowest BCUT2D eigenvalue weighted by Gasteiger charge is -2.28. The second-order valence-electron chi connectivity index (χ2n) is 6.40. The van der Waals surface area contributed by atoms with Crippen LogP contribution < -0.4 is 10.4 Å². The number of allylic oxidation sites excluding steroid dienone is 2. The maximum absolute atomic E-state index is 12.8. The molecule has 0 radical (unpaired) electrons. The molecule has 0 unspecified atom stereocenters. The molecule has 1 N–H and O–H groups in total. The molecule has 1 aliphatic rings. The normalized spacial score (nSPS) is 18.5. The SMILES string of the molecule is CCOC(=O)c1c(-c2ccccc2)csc1NC(=O)[C@@H]1CC=CC[C@@H]1C(=O)[O-]. The van der Waals surface area contributed by atoms with Gasteiger partial charge in [-0.25, -0.2) is 4.79 Å². The molecule has 1 aromatic carbocycles. The van der Waals surface area contributed by atoms with Gasteiger partial charge in [-0.2, -0.15) is 0 Å². The maximum Gasteiger partial charge on any atom is 0.341 e. The Morgan fingerprint density at radius 2 is 1.82 bits per heavy atom. The first-order chi connectivity index (χ1) is 13.5. The van der Waals surface area contributed by atoms with Gasteiger partial charge in [-0.3, -0.25) is 4.79 Å². The van der Waals surface area contributed by atoms with Crippen molar-refractivity contribution in [2.24, 2.45) is 11.8 Å². The number of esters is 1. The molecule has 0 saturated carbocycles. The molecule has 146 valence electrons. The summed E-state index contributed by atoms with van der Waals surface area (Å²) in [4.78, 5) is 36.7. The van der Waals surface area contributed by atoms with Crippen LogP contribution in [-0.4, -0.2) is 24.5 Å². The number of rotatable bonds is 6. The third-order valence-corrected chi connectivity index (χ3v) is 5.56. The summed E-state index contributed by atoms with van der Waals surface area (Å²) in [5, 5.41) is 16.3. The van der Waals surface area contributed by atoms with E-state index in [-0.39, 0.29) is 18.6 Å². The van der Waals surface area contributed by atoms with E-state index in [1.807, 2.05) is 30.3 Å². The fourth-order valence-corrected chi connectivity index (χ4v) is 4.22. The van der Waals surface area contributed by atoms with E-state index < -0.39 is 29.7 Å². The van der Waals surface area contributed by atoms with Crippen molar-refractivity contribution in [2.75, 3.05) is 11.9 Å². The van der Waals surface area contributed by atoms with Crippen molar-refractivity contribution < 1.29 is 24.2 Å². The predicted octanol–water partition coefficient (Wildman–Crippen LogP) is 2.86. The minimum atomic E-state index is -1.24. The smallest absolute Gasteiger partial charge is 0.341 e. The lowest BCUT2D eigenvalue weighted by molar-refractivity contribution is -0.313. The molecule has 0 spiro atoms. The fourth-order valence-electron chi connectivity index (χ4n) is 3.26. The maximum atomic E-state index is 12.8. The van der Waals surface area contributed by atoms with Crippen LogP contribution in [0, 0.1) is 11.8 Å². The number of nitrogens with one attached hydrogen (secondary N) is 1. The number of carbonyl (C=O) groups is 3. The van der Waals surface area contributed by atoms with Crippen LogP contribution in [0.15, 0.2) is 47.9 Å². The first-order valence-electron chi connectivity index (χ1n) is 9.03. The van der Waals surface area contributed by atoms with E-state index in [4.69, 9.17) is 4.74 Å². The molecule has 1 amide bonds. The van der Waals surface area contributed by atoms with E-state index in [0.717, 1.165) is 5.56 Å². The van der Waals surface area contributed by atoms with Crippen LogP contribution in [0.25, 0.3) is 11.1 Å². The number of amides is 1. The first-order valence-corrected chi connectivity index (χ1v) is 9.91. The molecule has 1 heterocycles. The highest BCUT2D eigenvalue weighted by Gasteiger charge is 2.31. The molecule has 0 aliphatic heterocycles. The molecule has 2 atom stereocenters. The molecule has 0 bridgehead atoms. The zero-order chi connectivity index (χ0) is 20.1. The van der Waals surface area contributed by atoms with Gasteiger partial charge in [-0.15, -0.1) is 11.3 Å². The quantitative estimate of drug-likeness (QED) is 0.596. The monoisotopic (exact) mass is 398 g/mol. The Balaban J connectivity index is 1.92. The van der Waals surface area contributed by atoms with E-state index in [2.05, 4.69) is 5.32 Å². The van der Waals surface area contributed by atoms with Crippen molar-refractivity contribution in [3.63, 3.8) is 0 Å². The summed E-state index contributed by atoms with van der Waals surface area (Å²) in [5.74, 6) is -3.84. The number of benzene rings is 1. The molecule has 0 fully saturated rings. The van der Waals surface area contributed by atoms with Gasteiger partial charge in [-0.05, 0) is 25.3 Å². The van der Waals surface area contributed by atoms with Gasteiger partial charge in [0, 0.05) is 22.8 Å². The van der Waals surface area contributed by atoms with Crippen LogP contribution in [0.5, 0.6) is 0 Å². The standard InChI is InChI=1S/C21H21NO5S/c1-2-27-21(26)17-16(13-8-4-3-5-9-13)12-28-19(17)22-18(23)14-10-6-7-11-15(14)20(24)25/h3-9,12,14-15H,2,10-11H2,1H3,(H,22,23)(H,24,25)/p-1/t14-,15+/m1/s1. The van der Waals surface area contributed by atoms with E-state index in [1.54, 1.807) is 24.5 Å². The van der Waals surface area contributed by atoms with Gasteiger partial charge in [0.1, 0.15) is 10.6 Å². The number of hydrogen-bond donors (Lipinski definition) is 1. The predicted molar refractivity (Wildman–Crippen MR) is 105 cm³/mol. The molecule has 0 saturated heterocycles. The Hall–Kier alpha value is -2.93. The summed E-state index contributed by atoms with van der Waals surface area (Å²) >= 11 is 1.21. The van der Waals surface area contributed by atoms with Crippen LogP contribution in [0.1, 0.15) is 30.1 Å². The van der Waals surface area contributed by atoms with E-state index >= 15 is 0 Å². The molecule has 2 aromatic rings. The Morgan fingerprint density at radius 3 is 2.46 bits per heavy atom. The molecular formula is C21H20NO5S-. The molecule has 7 heteroatoms. The summed E-state index contributed by atoms with van der Waals surface area (Å²) in [5.41, 5.74) is 1.78. The minimum absolute atomic E-state index is 0.205. The lowest BCUT2D eigenvalue weighted by Crippen LogP contribution is -2.41. The summed E-state index contributed by atoms with van der Waals surface area (Å²) < 4.78 is 5.18. The topological polar surface area (TPSA) is 95.5 Å². The number of anilines is 1. The summed E-state index contributed by atoms with van der Waals surface area (Å²) in [6, 6.07) is 9.33. The van der Waals surface area contributed by atoms with Gasteiger partial charge < -0.3 is 20.0 Å². The van der Waals surface area contributed by atoms with Gasteiger partial charge in [-0.1, -0.05) is 42.5 Å². The highest BCUT2D eigenvalue weighted by atomic mass is 32.1. The van der Waals surface area contributed by atoms with Crippen molar-refractivity contribution in [2.45, 2.75) is 19.8 Å². The highest BCUT2D eigenvalue weighted by Crippen LogP contribution is 2.37. The minimum Gasteiger partial charge on any atom is -0.550 e. The van der Waals surface area contributed by atoms with Crippen molar-refractivity contribution in [1.29, 1.82) is 0 Å². The summed E-state index contributed by atoms with van der Waals surface area (Å²) in [6.07, 6.45) is 4.10. The van der Waals surface area contributed by atoms with Crippen LogP contribution in [0.2, 0.25) is 0 Å². The van der Waals surface area contributed by atoms with Gasteiger partial charge in [0.2, 0.25) is 5.91 Å². The zero-order valence-corrected chi connectivity index (χ0v) is 16.2. The average molecular weight is 398 g/mol. The Morgan fingerprint density at radius 1 is 1.14 bits per heavy atom. The number of thiophene rings is 1. The van der Waals surface area contributed by atoms with Crippen LogP contribution in [0.3, 0.4) is 0 Å². The zero-order valence-electron chi connectivity index (χ0n) is 15.3. The van der Waals surface area contributed by atoms with Crippen molar-refractivity contribution in [3.8, 4) is 11.1 Å². The number of carboxylic acids is 1. The number of aliphatic carboxylic acids is 1. The van der Waals surface area contributed by atoms with E-state index in [0.29, 0.717) is 17.0 Å². The molecule has 6 nitrogen and oxygen atoms in total. The van der Waals surface area contributed by atoms with Crippen LogP contribution >= 0.6 is 11.3 Å². The summed E-state index contributed by atoms with van der Waals surface area (Å²) in [7, 11) is 0. The molecule has 3 rings (SSSR count). The number of carboxylic acid groups (broad SMARTS) is 1. The fraction of sp³-hybridized carbons (Fsp3) is 0.286. The van der Waals surface area contributed by atoms with Gasteiger partial charge >= 0.3 is 5.97 Å². The summed E-state index contributed by atoms with van der Waals surface area (Å²) in [6.45, 7) is 1.92. The Bertz CT molecular complexity index is 903. The van der Waals surface area contributed by atoms with Crippen molar-refractivity contribution in [1.82, 2.24) is 0 Å². The Labute approximate surface area is 166 Å². The van der Waals surface area contributed by atoms with E-state index in [1.165, 1.54) is 11.3 Å². The molecule has 1 aliphatic carbocycles. The molecule has 1 aromatic heterocycles. The highest BCUT2D eigenvalue weighted by molar-refractivity contribution is 7.15. The van der Waals surface area contributed by atoms with Crippen LogP contribution in [0.4, 0.5) is 5.00 Å². The number of ether oxygens (including phenoxy) is 1. The van der Waals surface area contributed by atoms with Crippen LogP contribution in [-0.2, 0) is 14.3 Å². The van der Waals surface area contributed by atoms with E-state index in [9.17, 15) is 19.5 Å². The first kappa shape index (κ1) is 19.8. The largest absolute Gasteiger partial charge is 0.550 e. The number of carbonyl (C=O) groups excluding carboxylic acids is 3. The average Bonchev–Trinajstić information content (AvgIpc) is 3.12. The second kappa shape index (κ2) is 8.84. The van der Waals surface area contributed by atoms with Gasteiger partial charge in [0.25, 0.3) is 0 Å². The van der Waals surface area contributed by atoms with Crippen molar-refractivity contribution in [3.05, 3.63) is 53.4 Å². The van der Waals surface area contributed by atoms with Gasteiger partial charge in [0.05, 0.1) is 12.5 Å². The third-order valence-electron chi connectivity index (χ3n) is 4.66. The molecule has 28 heavy (non-hydrogen) atoms.